The first kappa shape index (κ1) is 15.4. The predicted molar refractivity (Wildman–Crippen MR) is 109 cm³/mol. The van der Waals surface area contributed by atoms with Gasteiger partial charge < -0.3 is 0 Å². The summed E-state index contributed by atoms with van der Waals surface area (Å²) in [5.74, 6) is 0. The van der Waals surface area contributed by atoms with Crippen LogP contribution in [0.3, 0.4) is 0 Å². The molecule has 0 aliphatic rings. The van der Waals surface area contributed by atoms with Gasteiger partial charge >= 0.3 is 0 Å². The van der Waals surface area contributed by atoms with Crippen LogP contribution in [0.4, 0.5) is 0 Å². The molecule has 0 fully saturated rings. The third kappa shape index (κ3) is 2.23. The summed E-state index contributed by atoms with van der Waals surface area (Å²) < 4.78 is 3.58. The molecule has 0 atom stereocenters. The van der Waals surface area contributed by atoms with E-state index in [1.807, 2.05) is 24.3 Å². The van der Waals surface area contributed by atoms with Crippen molar-refractivity contribution in [2.45, 2.75) is 0 Å². The lowest BCUT2D eigenvalue weighted by Crippen LogP contribution is -2.20. The maximum absolute atomic E-state index is 12.9. The molecule has 0 spiro atoms. The van der Waals surface area contributed by atoms with Crippen molar-refractivity contribution in [3.63, 3.8) is 0 Å². The van der Waals surface area contributed by atoms with E-state index < -0.39 is 0 Å². The summed E-state index contributed by atoms with van der Waals surface area (Å²) in [6.45, 7) is 0. The molecule has 0 N–H and O–H groups in total. The third-order valence-electron chi connectivity index (χ3n) is 4.49. The molecule has 0 aliphatic heterocycles. The Morgan fingerprint density at radius 3 is 2.58 bits per heavy atom. The number of benzene rings is 1. The first-order valence-electron chi connectivity index (χ1n) is 8.09. The maximum Gasteiger partial charge on any atom is 0.275 e. The van der Waals surface area contributed by atoms with Crippen molar-refractivity contribution in [2.24, 2.45) is 7.05 Å². The largest absolute Gasteiger partial charge is 0.275 e. The second-order valence-electron chi connectivity index (χ2n) is 6.01. The van der Waals surface area contributed by atoms with E-state index in [2.05, 4.69) is 33.0 Å². The fourth-order valence-electron chi connectivity index (χ4n) is 3.23. The minimum absolute atomic E-state index is 0.0654. The molecule has 126 valence electrons. The van der Waals surface area contributed by atoms with Crippen LogP contribution in [-0.4, -0.2) is 14.8 Å². The molecule has 0 radical (unpaired) electrons. The molecule has 4 nitrogen and oxygen atoms in total. The quantitative estimate of drug-likeness (QED) is 0.439. The monoisotopic (exact) mass is 375 g/mol. The van der Waals surface area contributed by atoms with Crippen LogP contribution in [-0.2, 0) is 7.05 Å². The van der Waals surface area contributed by atoms with Gasteiger partial charge in [0.05, 0.1) is 10.1 Å². The minimum atomic E-state index is -0.0654. The van der Waals surface area contributed by atoms with Gasteiger partial charge in [0.15, 0.2) is 0 Å². The summed E-state index contributed by atoms with van der Waals surface area (Å²) in [6, 6.07) is 12.1. The number of aromatic nitrogens is 3. The molecule has 0 saturated heterocycles. The predicted octanol–water partition coefficient (Wildman–Crippen LogP) is 4.94. The Balaban J connectivity index is 1.87. The van der Waals surface area contributed by atoms with Gasteiger partial charge in [-0.25, -0.2) is 4.68 Å². The highest BCUT2D eigenvalue weighted by Gasteiger charge is 2.19. The van der Waals surface area contributed by atoms with Gasteiger partial charge in [-0.1, -0.05) is 18.2 Å². The highest BCUT2D eigenvalue weighted by molar-refractivity contribution is 7.19. The highest BCUT2D eigenvalue weighted by Crippen LogP contribution is 2.41. The standard InChI is InChI=1S/C20H13N3OS2/c1-23-20(24)17-15(14-10-25-16-5-3-2-4-13(14)16)11-26-19(17)18(22-23)12-6-8-21-9-7-12/h2-11H,1H3. The summed E-state index contributed by atoms with van der Waals surface area (Å²) in [7, 11) is 1.71. The van der Waals surface area contributed by atoms with Gasteiger partial charge in [-0.3, -0.25) is 9.78 Å². The third-order valence-corrected chi connectivity index (χ3v) is 6.44. The number of rotatable bonds is 2. The Labute approximate surface area is 157 Å². The van der Waals surface area contributed by atoms with Crippen LogP contribution in [0.25, 0.3) is 42.6 Å². The van der Waals surface area contributed by atoms with Gasteiger partial charge in [0.2, 0.25) is 0 Å². The van der Waals surface area contributed by atoms with Crippen LogP contribution >= 0.6 is 22.7 Å². The number of hydrogen-bond donors (Lipinski definition) is 0. The number of nitrogens with zero attached hydrogens (tertiary/aromatic N) is 3. The first-order chi connectivity index (χ1) is 12.7. The maximum atomic E-state index is 12.9. The van der Waals surface area contributed by atoms with Crippen LogP contribution in [0, 0.1) is 0 Å². The van der Waals surface area contributed by atoms with Crippen LogP contribution in [0.2, 0.25) is 0 Å². The van der Waals surface area contributed by atoms with Gasteiger partial charge in [0.1, 0.15) is 5.69 Å². The van der Waals surface area contributed by atoms with E-state index in [-0.39, 0.29) is 5.56 Å². The van der Waals surface area contributed by atoms with E-state index in [9.17, 15) is 4.79 Å². The highest BCUT2D eigenvalue weighted by atomic mass is 32.1. The fraction of sp³-hybridized carbons (Fsp3) is 0.0500. The van der Waals surface area contributed by atoms with Crippen molar-refractivity contribution in [3.8, 4) is 22.4 Å². The summed E-state index contributed by atoms with van der Waals surface area (Å²) in [5.41, 5.74) is 3.82. The second-order valence-corrected chi connectivity index (χ2v) is 7.80. The van der Waals surface area contributed by atoms with E-state index in [1.54, 1.807) is 42.1 Å². The molecule has 5 rings (SSSR count). The number of pyridine rings is 1. The topological polar surface area (TPSA) is 47.8 Å². The number of aryl methyl sites for hydroxylation is 1. The molecule has 0 unspecified atom stereocenters. The lowest BCUT2D eigenvalue weighted by molar-refractivity contribution is 0.723. The Hall–Kier alpha value is -2.83. The summed E-state index contributed by atoms with van der Waals surface area (Å²) in [5, 5.41) is 10.7. The lowest BCUT2D eigenvalue weighted by atomic mass is 10.0. The van der Waals surface area contributed by atoms with E-state index in [1.165, 1.54) is 14.8 Å². The van der Waals surface area contributed by atoms with Gasteiger partial charge in [-0.2, -0.15) is 5.10 Å². The number of fused-ring (bicyclic) bond motifs is 2. The van der Waals surface area contributed by atoms with Gasteiger partial charge in [0.25, 0.3) is 5.56 Å². The Morgan fingerprint density at radius 1 is 0.962 bits per heavy atom. The number of hydrogen-bond acceptors (Lipinski definition) is 5. The summed E-state index contributed by atoms with van der Waals surface area (Å²) in [4.78, 5) is 17.0. The van der Waals surface area contributed by atoms with Crippen molar-refractivity contribution >= 4 is 42.8 Å². The van der Waals surface area contributed by atoms with Crippen molar-refractivity contribution < 1.29 is 0 Å². The minimum Gasteiger partial charge on any atom is -0.267 e. The van der Waals surface area contributed by atoms with Crippen LogP contribution in [0.5, 0.6) is 0 Å². The van der Waals surface area contributed by atoms with Crippen molar-refractivity contribution in [1.29, 1.82) is 0 Å². The average Bonchev–Trinajstić information content (AvgIpc) is 3.29. The van der Waals surface area contributed by atoms with Crippen molar-refractivity contribution in [3.05, 3.63) is 69.9 Å². The smallest absolute Gasteiger partial charge is 0.267 e. The van der Waals surface area contributed by atoms with Gasteiger partial charge in [-0.05, 0) is 23.6 Å². The van der Waals surface area contributed by atoms with Crippen molar-refractivity contribution in [1.82, 2.24) is 14.8 Å². The molecule has 6 heteroatoms. The Kier molecular flexibility index (Phi) is 3.48. The summed E-state index contributed by atoms with van der Waals surface area (Å²) in [6.07, 6.45) is 3.49. The Morgan fingerprint density at radius 2 is 1.73 bits per heavy atom. The Bertz CT molecular complexity index is 1320. The van der Waals surface area contributed by atoms with E-state index in [4.69, 9.17) is 0 Å². The van der Waals surface area contributed by atoms with Gasteiger partial charge in [0, 0.05) is 51.6 Å². The molecule has 4 aromatic heterocycles. The van der Waals surface area contributed by atoms with E-state index >= 15 is 0 Å². The molecule has 0 saturated carbocycles. The second kappa shape index (κ2) is 5.86. The molecule has 0 bridgehead atoms. The van der Waals surface area contributed by atoms with Crippen molar-refractivity contribution in [2.75, 3.05) is 0 Å². The molecule has 0 aliphatic carbocycles. The molecular formula is C20H13N3OS2. The number of thiophene rings is 2. The van der Waals surface area contributed by atoms with Gasteiger partial charge in [-0.15, -0.1) is 22.7 Å². The molecule has 5 aromatic rings. The molecule has 26 heavy (non-hydrogen) atoms. The van der Waals surface area contributed by atoms with Crippen LogP contribution in [0.1, 0.15) is 0 Å². The van der Waals surface area contributed by atoms with Crippen LogP contribution in [0.15, 0.2) is 64.3 Å². The van der Waals surface area contributed by atoms with E-state index in [0.717, 1.165) is 32.5 Å². The zero-order valence-corrected chi connectivity index (χ0v) is 15.5. The SMILES string of the molecule is Cn1nc(-c2ccncc2)c2scc(-c3csc4ccccc34)c2c1=O. The fourth-order valence-corrected chi connectivity index (χ4v) is 5.26. The zero-order chi connectivity index (χ0) is 17.7. The normalized spacial score (nSPS) is 11.4. The van der Waals surface area contributed by atoms with E-state index in [0.29, 0.717) is 0 Å². The molecule has 4 heterocycles. The molecule has 1 aromatic carbocycles. The zero-order valence-electron chi connectivity index (χ0n) is 13.8. The first-order valence-corrected chi connectivity index (χ1v) is 9.85. The molecular weight excluding hydrogens is 362 g/mol. The molecule has 0 amide bonds. The summed E-state index contributed by atoms with van der Waals surface area (Å²) >= 11 is 3.28. The van der Waals surface area contributed by atoms with Crippen LogP contribution < -0.4 is 5.56 Å². The lowest BCUT2D eigenvalue weighted by Gasteiger charge is -2.06. The average molecular weight is 375 g/mol.